The van der Waals surface area contributed by atoms with Crippen molar-refractivity contribution in [2.45, 2.75) is 32.1 Å². The van der Waals surface area contributed by atoms with Gasteiger partial charge < -0.3 is 16.0 Å². The molecule has 1 fully saturated rings. The minimum Gasteiger partial charge on any atom is -0.369 e. The molecule has 2 aliphatic heterocycles. The van der Waals surface area contributed by atoms with E-state index in [1.165, 1.54) is 42.6 Å². The van der Waals surface area contributed by atoms with Crippen LogP contribution in [0.5, 0.6) is 0 Å². The van der Waals surface area contributed by atoms with Gasteiger partial charge >= 0.3 is 6.03 Å². The van der Waals surface area contributed by atoms with Gasteiger partial charge in [0.25, 0.3) is 0 Å². The van der Waals surface area contributed by atoms with Crippen molar-refractivity contribution < 1.29 is 4.79 Å². The van der Waals surface area contributed by atoms with Crippen molar-refractivity contribution in [1.29, 1.82) is 0 Å². The maximum atomic E-state index is 11.4. The van der Waals surface area contributed by atoms with E-state index in [4.69, 9.17) is 5.73 Å². The SMILES string of the molecule is NC(=O)n1nc(CCN2CCCCC2)c2c1NCC2. The molecule has 6 heteroatoms. The van der Waals surface area contributed by atoms with Crippen LogP contribution in [0.4, 0.5) is 10.6 Å². The van der Waals surface area contributed by atoms with Gasteiger partial charge in [-0.15, -0.1) is 0 Å². The fourth-order valence-electron chi connectivity index (χ4n) is 3.05. The summed E-state index contributed by atoms with van der Waals surface area (Å²) in [6, 6.07) is -0.505. The van der Waals surface area contributed by atoms with Crippen molar-refractivity contribution in [2.24, 2.45) is 5.73 Å². The van der Waals surface area contributed by atoms with E-state index < -0.39 is 6.03 Å². The average Bonchev–Trinajstić information content (AvgIpc) is 2.99. The molecule has 0 aromatic carbocycles. The summed E-state index contributed by atoms with van der Waals surface area (Å²) >= 11 is 0. The zero-order valence-electron chi connectivity index (χ0n) is 11.2. The van der Waals surface area contributed by atoms with Crippen LogP contribution in [-0.4, -0.2) is 46.9 Å². The first kappa shape index (κ1) is 12.5. The zero-order chi connectivity index (χ0) is 13.2. The molecule has 3 heterocycles. The number of nitrogens with zero attached hydrogens (tertiary/aromatic N) is 3. The number of anilines is 1. The van der Waals surface area contributed by atoms with Crippen molar-refractivity contribution in [3.05, 3.63) is 11.3 Å². The second-order valence-electron chi connectivity index (χ2n) is 5.35. The van der Waals surface area contributed by atoms with E-state index in [2.05, 4.69) is 15.3 Å². The number of hydrogen-bond donors (Lipinski definition) is 2. The number of primary amides is 1. The predicted octanol–water partition coefficient (Wildman–Crippen LogP) is 0.806. The predicted molar refractivity (Wildman–Crippen MR) is 73.4 cm³/mol. The van der Waals surface area contributed by atoms with E-state index in [1.54, 1.807) is 0 Å². The minimum absolute atomic E-state index is 0.505. The molecule has 0 saturated carbocycles. The largest absolute Gasteiger partial charge is 0.369 e. The maximum Gasteiger partial charge on any atom is 0.341 e. The van der Waals surface area contributed by atoms with E-state index in [-0.39, 0.29) is 0 Å². The summed E-state index contributed by atoms with van der Waals surface area (Å²) in [6.07, 6.45) is 5.80. The number of fused-ring (bicyclic) bond motifs is 1. The number of carbonyl (C=O) groups excluding carboxylic acids is 1. The maximum absolute atomic E-state index is 11.4. The molecular weight excluding hydrogens is 242 g/mol. The Bertz CT molecular complexity index is 476. The molecule has 104 valence electrons. The van der Waals surface area contributed by atoms with Gasteiger partial charge in [0.15, 0.2) is 0 Å². The number of carbonyl (C=O) groups is 1. The van der Waals surface area contributed by atoms with Gasteiger partial charge in [0, 0.05) is 25.1 Å². The van der Waals surface area contributed by atoms with Crippen LogP contribution >= 0.6 is 0 Å². The normalized spacial score (nSPS) is 19.2. The standard InChI is InChI=1S/C13H21N5O/c14-13(19)18-12-10(4-6-15-12)11(16-18)5-9-17-7-2-1-3-8-17/h15H,1-9H2,(H2,14,19). The molecule has 0 aliphatic carbocycles. The molecule has 0 spiro atoms. The lowest BCUT2D eigenvalue weighted by Crippen LogP contribution is -2.31. The Morgan fingerprint density at radius 3 is 2.84 bits per heavy atom. The number of piperidine rings is 1. The number of nitrogens with one attached hydrogen (secondary N) is 1. The summed E-state index contributed by atoms with van der Waals surface area (Å²) in [7, 11) is 0. The molecule has 0 atom stereocenters. The van der Waals surface area contributed by atoms with Gasteiger partial charge in [0.05, 0.1) is 5.69 Å². The van der Waals surface area contributed by atoms with Crippen LogP contribution in [0.1, 0.15) is 30.5 Å². The Morgan fingerprint density at radius 2 is 2.11 bits per heavy atom. The third-order valence-corrected chi connectivity index (χ3v) is 4.06. The summed E-state index contributed by atoms with van der Waals surface area (Å²) < 4.78 is 1.31. The first-order valence-electron chi connectivity index (χ1n) is 7.12. The number of amides is 1. The number of aromatic nitrogens is 2. The van der Waals surface area contributed by atoms with Gasteiger partial charge in [-0.2, -0.15) is 9.78 Å². The second-order valence-corrected chi connectivity index (χ2v) is 5.35. The van der Waals surface area contributed by atoms with Crippen molar-refractivity contribution >= 4 is 11.8 Å². The lowest BCUT2D eigenvalue weighted by molar-refractivity contribution is 0.230. The molecule has 1 saturated heterocycles. The molecule has 0 radical (unpaired) electrons. The first-order valence-corrected chi connectivity index (χ1v) is 7.12. The van der Waals surface area contributed by atoms with Crippen LogP contribution in [0.25, 0.3) is 0 Å². The second kappa shape index (κ2) is 5.21. The fraction of sp³-hybridized carbons (Fsp3) is 0.692. The van der Waals surface area contributed by atoms with Crippen LogP contribution in [0, 0.1) is 0 Å². The van der Waals surface area contributed by atoms with Crippen LogP contribution in [-0.2, 0) is 12.8 Å². The Balaban J connectivity index is 1.70. The lowest BCUT2D eigenvalue weighted by Gasteiger charge is -2.26. The third-order valence-electron chi connectivity index (χ3n) is 4.06. The summed E-state index contributed by atoms with van der Waals surface area (Å²) in [6.45, 7) is 4.29. The van der Waals surface area contributed by atoms with E-state index in [0.29, 0.717) is 0 Å². The number of hydrogen-bond acceptors (Lipinski definition) is 4. The zero-order valence-corrected chi connectivity index (χ0v) is 11.2. The fourth-order valence-corrected chi connectivity index (χ4v) is 3.05. The van der Waals surface area contributed by atoms with Gasteiger partial charge in [0.1, 0.15) is 5.82 Å². The molecule has 1 aromatic rings. The van der Waals surface area contributed by atoms with Gasteiger partial charge in [-0.05, 0) is 32.4 Å². The van der Waals surface area contributed by atoms with Crippen molar-refractivity contribution in [3.8, 4) is 0 Å². The first-order chi connectivity index (χ1) is 9.25. The Morgan fingerprint density at radius 1 is 1.32 bits per heavy atom. The number of likely N-dealkylation sites (tertiary alicyclic amines) is 1. The molecule has 1 aromatic heterocycles. The molecular formula is C13H21N5O. The summed E-state index contributed by atoms with van der Waals surface area (Å²) in [5, 5.41) is 7.56. The molecule has 0 bridgehead atoms. The van der Waals surface area contributed by atoms with E-state index in [0.717, 1.165) is 37.4 Å². The van der Waals surface area contributed by atoms with E-state index >= 15 is 0 Å². The summed E-state index contributed by atoms with van der Waals surface area (Å²) in [5.74, 6) is 0.807. The third kappa shape index (κ3) is 2.45. The molecule has 1 amide bonds. The molecule has 3 rings (SSSR count). The van der Waals surface area contributed by atoms with Crippen molar-refractivity contribution in [3.63, 3.8) is 0 Å². The molecule has 0 unspecified atom stereocenters. The van der Waals surface area contributed by atoms with Gasteiger partial charge in [-0.3, -0.25) is 0 Å². The Kier molecular flexibility index (Phi) is 3.42. The molecule has 2 aliphatic rings. The highest BCUT2D eigenvalue weighted by Crippen LogP contribution is 2.26. The monoisotopic (exact) mass is 263 g/mol. The topological polar surface area (TPSA) is 76.2 Å². The van der Waals surface area contributed by atoms with Crippen molar-refractivity contribution in [1.82, 2.24) is 14.7 Å². The van der Waals surface area contributed by atoms with E-state index in [1.807, 2.05) is 0 Å². The van der Waals surface area contributed by atoms with Crippen LogP contribution in [0.3, 0.4) is 0 Å². The average molecular weight is 263 g/mol. The molecule has 6 nitrogen and oxygen atoms in total. The highest BCUT2D eigenvalue weighted by atomic mass is 16.2. The van der Waals surface area contributed by atoms with Gasteiger partial charge in [-0.1, -0.05) is 6.42 Å². The Hall–Kier alpha value is -1.56. The van der Waals surface area contributed by atoms with Crippen LogP contribution in [0.15, 0.2) is 0 Å². The quantitative estimate of drug-likeness (QED) is 0.846. The summed E-state index contributed by atoms with van der Waals surface area (Å²) in [5.41, 5.74) is 7.56. The highest BCUT2D eigenvalue weighted by molar-refractivity contribution is 5.79. The van der Waals surface area contributed by atoms with E-state index in [9.17, 15) is 4.79 Å². The number of nitrogens with two attached hydrogens (primary N) is 1. The number of rotatable bonds is 3. The van der Waals surface area contributed by atoms with Gasteiger partial charge in [-0.25, -0.2) is 4.79 Å². The minimum atomic E-state index is -0.505. The molecule has 3 N–H and O–H groups in total. The highest BCUT2D eigenvalue weighted by Gasteiger charge is 2.24. The lowest BCUT2D eigenvalue weighted by atomic mass is 10.1. The van der Waals surface area contributed by atoms with Gasteiger partial charge in [0.2, 0.25) is 0 Å². The van der Waals surface area contributed by atoms with Crippen LogP contribution < -0.4 is 11.1 Å². The Labute approximate surface area is 112 Å². The van der Waals surface area contributed by atoms with Crippen LogP contribution in [0.2, 0.25) is 0 Å². The molecule has 19 heavy (non-hydrogen) atoms. The smallest absolute Gasteiger partial charge is 0.341 e. The van der Waals surface area contributed by atoms with Crippen molar-refractivity contribution in [2.75, 3.05) is 31.5 Å². The summed E-state index contributed by atoms with van der Waals surface area (Å²) in [4.78, 5) is 13.8.